The van der Waals surface area contributed by atoms with E-state index in [-0.39, 0.29) is 6.01 Å². The Hall–Kier alpha value is -1.10. The van der Waals surface area contributed by atoms with E-state index in [1.807, 2.05) is 0 Å². The zero-order valence-electron chi connectivity index (χ0n) is 8.60. The number of nitrogens with zero attached hydrogens (tertiary/aromatic N) is 3. The van der Waals surface area contributed by atoms with Gasteiger partial charge in [0.15, 0.2) is 5.82 Å². The molecular weight excluding hydrogens is 180 g/mol. The Morgan fingerprint density at radius 3 is 2.86 bits per heavy atom. The summed E-state index contributed by atoms with van der Waals surface area (Å²) in [5, 5.41) is 3.85. The number of anilines is 1. The molecule has 2 N–H and O–H groups in total. The third-order valence-electron chi connectivity index (χ3n) is 2.77. The van der Waals surface area contributed by atoms with Crippen molar-refractivity contribution in [1.29, 1.82) is 0 Å². The molecule has 0 radical (unpaired) electrons. The van der Waals surface area contributed by atoms with E-state index >= 15 is 0 Å². The van der Waals surface area contributed by atoms with Crippen LogP contribution in [0.3, 0.4) is 0 Å². The molecule has 1 unspecified atom stereocenters. The van der Waals surface area contributed by atoms with Gasteiger partial charge in [0, 0.05) is 18.5 Å². The fourth-order valence-corrected chi connectivity index (χ4v) is 1.88. The average molecular weight is 196 g/mol. The lowest BCUT2D eigenvalue weighted by atomic mass is 10.1. The normalized spacial score (nSPS) is 23.5. The van der Waals surface area contributed by atoms with Gasteiger partial charge in [0.2, 0.25) is 0 Å². The molecule has 2 rings (SSSR count). The summed E-state index contributed by atoms with van der Waals surface area (Å²) in [6, 6.07) is 0.757. The minimum absolute atomic E-state index is 0.169. The lowest BCUT2D eigenvalue weighted by molar-refractivity contribution is 0.271. The van der Waals surface area contributed by atoms with Crippen LogP contribution in [0.25, 0.3) is 0 Å². The van der Waals surface area contributed by atoms with Crippen molar-refractivity contribution >= 4 is 6.01 Å². The fourth-order valence-electron chi connectivity index (χ4n) is 1.88. The number of nitrogen functional groups attached to an aromatic ring is 1. The van der Waals surface area contributed by atoms with E-state index in [2.05, 4.69) is 28.9 Å². The van der Waals surface area contributed by atoms with Crippen LogP contribution >= 0.6 is 0 Å². The molecule has 5 nitrogen and oxygen atoms in total. The van der Waals surface area contributed by atoms with Gasteiger partial charge in [0.05, 0.1) is 0 Å². The molecule has 1 aliphatic rings. The smallest absolute Gasteiger partial charge is 0.318 e. The third-order valence-corrected chi connectivity index (χ3v) is 2.77. The molecule has 1 aromatic rings. The number of aromatic nitrogens is 2. The Balaban J connectivity index is 2.02. The van der Waals surface area contributed by atoms with E-state index in [1.165, 1.54) is 0 Å². The second-order valence-electron chi connectivity index (χ2n) is 4.07. The van der Waals surface area contributed by atoms with Crippen molar-refractivity contribution in [3.8, 4) is 0 Å². The van der Waals surface area contributed by atoms with Crippen molar-refractivity contribution < 1.29 is 4.52 Å². The largest absolute Gasteiger partial charge is 0.351 e. The molecule has 1 atom stereocenters. The van der Waals surface area contributed by atoms with Crippen molar-refractivity contribution in [2.24, 2.45) is 0 Å². The maximum absolute atomic E-state index is 5.39. The highest BCUT2D eigenvalue weighted by atomic mass is 16.5. The standard InChI is InChI=1S/C9H16N4O/c1-6(2)13-4-3-7(5-13)8-11-9(10)14-12-8/h6-7H,3-5H2,1-2H3,(H2,10,11,12). The lowest BCUT2D eigenvalue weighted by Gasteiger charge is -2.19. The van der Waals surface area contributed by atoms with Gasteiger partial charge in [0.25, 0.3) is 0 Å². The Labute approximate surface area is 83.3 Å². The quantitative estimate of drug-likeness (QED) is 0.759. The third kappa shape index (κ3) is 1.72. The van der Waals surface area contributed by atoms with Gasteiger partial charge >= 0.3 is 6.01 Å². The van der Waals surface area contributed by atoms with Crippen molar-refractivity contribution in [1.82, 2.24) is 15.0 Å². The molecule has 0 bridgehead atoms. The number of rotatable bonds is 2. The van der Waals surface area contributed by atoms with Gasteiger partial charge in [-0.3, -0.25) is 0 Å². The van der Waals surface area contributed by atoms with E-state index in [9.17, 15) is 0 Å². The molecule has 1 fully saturated rings. The van der Waals surface area contributed by atoms with Gasteiger partial charge in [-0.1, -0.05) is 5.16 Å². The maximum Gasteiger partial charge on any atom is 0.318 e. The van der Waals surface area contributed by atoms with Crippen LogP contribution in [0.4, 0.5) is 6.01 Å². The summed E-state index contributed by atoms with van der Waals surface area (Å²) in [7, 11) is 0. The lowest BCUT2D eigenvalue weighted by Crippen LogP contribution is -2.28. The minimum Gasteiger partial charge on any atom is -0.351 e. The molecule has 0 aromatic carbocycles. The molecule has 5 heteroatoms. The van der Waals surface area contributed by atoms with E-state index < -0.39 is 0 Å². The molecule has 0 aliphatic carbocycles. The Kier molecular flexibility index (Phi) is 2.41. The highest BCUT2D eigenvalue weighted by Gasteiger charge is 2.28. The van der Waals surface area contributed by atoms with Crippen LogP contribution in [-0.4, -0.2) is 34.2 Å². The van der Waals surface area contributed by atoms with Crippen LogP contribution in [0.5, 0.6) is 0 Å². The predicted octanol–water partition coefficient (Wildman–Crippen LogP) is 0.850. The molecule has 0 spiro atoms. The molecule has 14 heavy (non-hydrogen) atoms. The Morgan fingerprint density at radius 1 is 1.57 bits per heavy atom. The number of nitrogens with two attached hydrogens (primary N) is 1. The van der Waals surface area contributed by atoms with Crippen molar-refractivity contribution in [2.45, 2.75) is 32.2 Å². The van der Waals surface area contributed by atoms with Crippen LogP contribution in [0, 0.1) is 0 Å². The first-order valence-corrected chi connectivity index (χ1v) is 5.00. The van der Waals surface area contributed by atoms with Gasteiger partial charge in [-0.05, 0) is 26.8 Å². The van der Waals surface area contributed by atoms with Crippen molar-refractivity contribution in [2.75, 3.05) is 18.8 Å². The predicted molar refractivity (Wildman–Crippen MR) is 52.8 cm³/mol. The van der Waals surface area contributed by atoms with Gasteiger partial charge in [0.1, 0.15) is 0 Å². The zero-order valence-corrected chi connectivity index (χ0v) is 8.60. The fraction of sp³-hybridized carbons (Fsp3) is 0.778. The summed E-state index contributed by atoms with van der Waals surface area (Å²) in [6.07, 6.45) is 1.09. The summed E-state index contributed by atoms with van der Waals surface area (Å²) in [5.41, 5.74) is 5.39. The van der Waals surface area contributed by atoms with Crippen LogP contribution in [0.15, 0.2) is 4.52 Å². The molecule has 78 valence electrons. The Morgan fingerprint density at radius 2 is 2.36 bits per heavy atom. The number of likely N-dealkylation sites (tertiary alicyclic amines) is 1. The van der Waals surface area contributed by atoms with E-state index in [4.69, 9.17) is 10.3 Å². The van der Waals surface area contributed by atoms with Crippen molar-refractivity contribution in [3.63, 3.8) is 0 Å². The first kappa shape index (κ1) is 9.45. The highest BCUT2D eigenvalue weighted by molar-refractivity contribution is 5.11. The molecule has 1 aliphatic heterocycles. The molecule has 2 heterocycles. The highest BCUT2D eigenvalue weighted by Crippen LogP contribution is 2.26. The van der Waals surface area contributed by atoms with Crippen LogP contribution in [-0.2, 0) is 0 Å². The minimum atomic E-state index is 0.169. The summed E-state index contributed by atoms with van der Waals surface area (Å²) in [4.78, 5) is 6.47. The summed E-state index contributed by atoms with van der Waals surface area (Å²) >= 11 is 0. The van der Waals surface area contributed by atoms with Crippen LogP contribution in [0.1, 0.15) is 32.0 Å². The average Bonchev–Trinajstić information content (AvgIpc) is 2.70. The first-order valence-electron chi connectivity index (χ1n) is 5.00. The molecule has 1 saturated heterocycles. The van der Waals surface area contributed by atoms with E-state index in [0.29, 0.717) is 12.0 Å². The van der Waals surface area contributed by atoms with E-state index in [0.717, 1.165) is 25.3 Å². The molecular formula is C9H16N4O. The number of hydrogen-bond donors (Lipinski definition) is 1. The summed E-state index contributed by atoms with van der Waals surface area (Å²) in [5.74, 6) is 1.14. The monoisotopic (exact) mass is 196 g/mol. The zero-order chi connectivity index (χ0) is 10.1. The SMILES string of the molecule is CC(C)N1CCC(c2noc(N)n2)C1. The first-order chi connectivity index (χ1) is 6.66. The second kappa shape index (κ2) is 3.57. The molecule has 0 saturated carbocycles. The summed E-state index contributed by atoms with van der Waals surface area (Å²) < 4.78 is 4.77. The van der Waals surface area contributed by atoms with Gasteiger partial charge in [-0.15, -0.1) is 0 Å². The molecule has 0 amide bonds. The van der Waals surface area contributed by atoms with E-state index in [1.54, 1.807) is 0 Å². The number of hydrogen-bond acceptors (Lipinski definition) is 5. The van der Waals surface area contributed by atoms with Crippen LogP contribution < -0.4 is 5.73 Å². The van der Waals surface area contributed by atoms with Gasteiger partial charge in [-0.25, -0.2) is 0 Å². The topological polar surface area (TPSA) is 68.2 Å². The Bertz CT molecular complexity index is 310. The van der Waals surface area contributed by atoms with Crippen molar-refractivity contribution in [3.05, 3.63) is 5.82 Å². The van der Waals surface area contributed by atoms with Gasteiger partial charge in [-0.2, -0.15) is 4.98 Å². The summed E-state index contributed by atoms with van der Waals surface area (Å²) in [6.45, 7) is 6.52. The van der Waals surface area contributed by atoms with Crippen LogP contribution in [0.2, 0.25) is 0 Å². The maximum atomic E-state index is 5.39. The second-order valence-corrected chi connectivity index (χ2v) is 4.07. The van der Waals surface area contributed by atoms with Gasteiger partial charge < -0.3 is 15.2 Å². The molecule has 1 aromatic heterocycles.